The Balaban J connectivity index is 2.26. The summed E-state index contributed by atoms with van der Waals surface area (Å²) in [5, 5.41) is 12.5. The van der Waals surface area contributed by atoms with Gasteiger partial charge in [-0.05, 0) is 16.5 Å². The van der Waals surface area contributed by atoms with Crippen LogP contribution in [-0.2, 0) is 14.3 Å². The predicted octanol–water partition coefficient (Wildman–Crippen LogP) is 2.26. The summed E-state index contributed by atoms with van der Waals surface area (Å²) in [5.41, 5.74) is 0.478. The van der Waals surface area contributed by atoms with Crippen molar-refractivity contribution < 1.29 is 19.0 Å². The van der Waals surface area contributed by atoms with Crippen LogP contribution in [0.1, 0.15) is 0 Å². The van der Waals surface area contributed by atoms with Crippen LogP contribution in [0, 0.1) is 0 Å². The van der Waals surface area contributed by atoms with Gasteiger partial charge >= 0.3 is 5.97 Å². The van der Waals surface area contributed by atoms with Crippen LogP contribution in [0.25, 0.3) is 5.69 Å². The second kappa shape index (κ2) is 9.07. The summed E-state index contributed by atoms with van der Waals surface area (Å²) in [6, 6.07) is 3.16. The van der Waals surface area contributed by atoms with E-state index in [2.05, 4.69) is 20.3 Å². The van der Waals surface area contributed by atoms with Crippen molar-refractivity contribution in [3.05, 3.63) is 22.2 Å². The van der Waals surface area contributed by atoms with Gasteiger partial charge in [0.2, 0.25) is 5.16 Å². The van der Waals surface area contributed by atoms with Gasteiger partial charge < -0.3 is 14.2 Å². The molecular formula is C13H14Cl2N4O4S. The molecule has 1 heterocycles. The lowest BCUT2D eigenvalue weighted by atomic mass is 10.3. The van der Waals surface area contributed by atoms with E-state index in [4.69, 9.17) is 32.7 Å². The first-order chi connectivity index (χ1) is 11.6. The first-order valence-electron chi connectivity index (χ1n) is 6.66. The Morgan fingerprint density at radius 2 is 2.04 bits per heavy atom. The van der Waals surface area contributed by atoms with E-state index in [1.807, 2.05) is 0 Å². The number of halogens is 2. The van der Waals surface area contributed by atoms with Crippen LogP contribution in [0.15, 0.2) is 17.3 Å². The standard InChI is InChI=1S/C13H14Cl2N4O4S/c1-21-3-4-23-11-6-10(8(14)5-9(11)15)19-13(16-17-18-19)24-7-12(20)22-2/h5-6H,3-4,7H2,1-2H3. The van der Waals surface area contributed by atoms with E-state index in [1.165, 1.54) is 17.9 Å². The summed E-state index contributed by atoms with van der Waals surface area (Å²) in [5.74, 6) is 0.104. The minimum atomic E-state index is -0.389. The average Bonchev–Trinajstić information content (AvgIpc) is 3.03. The highest BCUT2D eigenvalue weighted by Gasteiger charge is 2.17. The Kier molecular flexibility index (Phi) is 7.10. The van der Waals surface area contributed by atoms with Gasteiger partial charge in [0.1, 0.15) is 12.4 Å². The van der Waals surface area contributed by atoms with E-state index in [9.17, 15) is 4.79 Å². The molecule has 1 aromatic heterocycles. The van der Waals surface area contributed by atoms with Crippen LogP contribution in [0.3, 0.4) is 0 Å². The molecule has 0 saturated carbocycles. The van der Waals surface area contributed by atoms with Crippen LogP contribution in [0.4, 0.5) is 0 Å². The molecule has 0 N–H and O–H groups in total. The molecule has 0 aliphatic carbocycles. The predicted molar refractivity (Wildman–Crippen MR) is 89.3 cm³/mol. The molecule has 0 aliphatic heterocycles. The minimum absolute atomic E-state index is 0.0687. The van der Waals surface area contributed by atoms with Gasteiger partial charge in [-0.3, -0.25) is 4.79 Å². The van der Waals surface area contributed by atoms with Gasteiger partial charge in [-0.15, -0.1) is 5.10 Å². The second-order valence-electron chi connectivity index (χ2n) is 4.31. The first-order valence-corrected chi connectivity index (χ1v) is 8.40. The van der Waals surface area contributed by atoms with Crippen molar-refractivity contribution in [2.75, 3.05) is 33.2 Å². The third-order valence-corrected chi connectivity index (χ3v) is 4.25. The summed E-state index contributed by atoms with van der Waals surface area (Å²) in [7, 11) is 2.88. The van der Waals surface area contributed by atoms with Gasteiger partial charge in [0.05, 0.1) is 35.2 Å². The third-order valence-electron chi connectivity index (χ3n) is 2.76. The first kappa shape index (κ1) is 18.8. The molecule has 0 radical (unpaired) electrons. The SMILES string of the molecule is COCCOc1cc(-n2nnnc2SCC(=O)OC)c(Cl)cc1Cl. The molecule has 0 aliphatic rings. The van der Waals surface area contributed by atoms with Crippen LogP contribution in [-0.4, -0.2) is 59.4 Å². The average molecular weight is 393 g/mol. The van der Waals surface area contributed by atoms with Crippen molar-refractivity contribution in [3.8, 4) is 11.4 Å². The number of tetrazole rings is 1. The van der Waals surface area contributed by atoms with Crippen LogP contribution in [0.2, 0.25) is 10.0 Å². The molecular weight excluding hydrogens is 379 g/mol. The fraction of sp³-hybridized carbons (Fsp3) is 0.385. The zero-order valence-corrected chi connectivity index (χ0v) is 15.2. The Labute approximate surface area is 152 Å². The molecule has 0 amide bonds. The molecule has 2 aromatic rings. The molecule has 0 fully saturated rings. The highest BCUT2D eigenvalue weighted by Crippen LogP contribution is 2.34. The summed E-state index contributed by atoms with van der Waals surface area (Å²) in [4.78, 5) is 11.3. The zero-order valence-electron chi connectivity index (χ0n) is 12.9. The van der Waals surface area contributed by atoms with E-state index in [1.54, 1.807) is 13.2 Å². The monoisotopic (exact) mass is 392 g/mol. The number of aromatic nitrogens is 4. The van der Waals surface area contributed by atoms with E-state index in [-0.39, 0.29) is 11.7 Å². The van der Waals surface area contributed by atoms with Crippen LogP contribution >= 0.6 is 35.0 Å². The number of rotatable bonds is 8. The topological polar surface area (TPSA) is 88.4 Å². The maximum atomic E-state index is 11.3. The number of hydrogen-bond acceptors (Lipinski definition) is 8. The molecule has 11 heteroatoms. The van der Waals surface area contributed by atoms with Crippen molar-refractivity contribution in [1.82, 2.24) is 20.2 Å². The normalized spacial score (nSPS) is 10.7. The van der Waals surface area contributed by atoms with Gasteiger partial charge in [-0.25, -0.2) is 0 Å². The van der Waals surface area contributed by atoms with Crippen molar-refractivity contribution in [3.63, 3.8) is 0 Å². The van der Waals surface area contributed by atoms with Crippen molar-refractivity contribution in [1.29, 1.82) is 0 Å². The second-order valence-corrected chi connectivity index (χ2v) is 6.07. The lowest BCUT2D eigenvalue weighted by molar-refractivity contribution is -0.137. The van der Waals surface area contributed by atoms with Gasteiger partial charge in [0.25, 0.3) is 0 Å². The zero-order chi connectivity index (χ0) is 17.5. The highest BCUT2D eigenvalue weighted by atomic mass is 35.5. The lowest BCUT2D eigenvalue weighted by Gasteiger charge is -2.12. The van der Waals surface area contributed by atoms with E-state index >= 15 is 0 Å². The maximum Gasteiger partial charge on any atom is 0.316 e. The quantitative estimate of drug-likeness (QED) is 0.383. The third kappa shape index (κ3) is 4.73. The molecule has 2 rings (SSSR count). The lowest BCUT2D eigenvalue weighted by Crippen LogP contribution is -2.07. The molecule has 0 bridgehead atoms. The molecule has 8 nitrogen and oxygen atoms in total. The van der Waals surface area contributed by atoms with Gasteiger partial charge in [0.15, 0.2) is 0 Å². The largest absolute Gasteiger partial charge is 0.490 e. The van der Waals surface area contributed by atoms with E-state index in [0.717, 1.165) is 11.8 Å². The smallest absolute Gasteiger partial charge is 0.316 e. The fourth-order valence-corrected chi connectivity index (χ4v) is 2.86. The number of carbonyl (C=O) groups excluding carboxylic acids is 1. The number of benzene rings is 1. The number of carbonyl (C=O) groups is 1. The van der Waals surface area contributed by atoms with Crippen molar-refractivity contribution in [2.45, 2.75) is 5.16 Å². The Morgan fingerprint density at radius 1 is 1.25 bits per heavy atom. The highest BCUT2D eigenvalue weighted by molar-refractivity contribution is 7.99. The van der Waals surface area contributed by atoms with Crippen molar-refractivity contribution >= 4 is 40.9 Å². The molecule has 130 valence electrons. The van der Waals surface area contributed by atoms with E-state index in [0.29, 0.717) is 39.9 Å². The minimum Gasteiger partial charge on any atom is -0.490 e. The Bertz CT molecular complexity index is 713. The fourth-order valence-electron chi connectivity index (χ4n) is 1.63. The summed E-state index contributed by atoms with van der Waals surface area (Å²) in [6.07, 6.45) is 0. The summed E-state index contributed by atoms with van der Waals surface area (Å²) in [6.45, 7) is 0.746. The number of thioether (sulfide) groups is 1. The summed E-state index contributed by atoms with van der Waals surface area (Å²) < 4.78 is 16.5. The van der Waals surface area contributed by atoms with Gasteiger partial charge in [-0.2, -0.15) is 4.68 Å². The number of esters is 1. The number of ether oxygens (including phenoxy) is 3. The molecule has 0 unspecified atom stereocenters. The van der Waals surface area contributed by atoms with Crippen LogP contribution < -0.4 is 4.74 Å². The Hall–Kier alpha value is -1.55. The molecule has 0 saturated heterocycles. The molecule has 24 heavy (non-hydrogen) atoms. The molecule has 0 spiro atoms. The van der Waals surface area contributed by atoms with Gasteiger partial charge in [0, 0.05) is 13.2 Å². The summed E-state index contributed by atoms with van der Waals surface area (Å²) >= 11 is 13.5. The van der Waals surface area contributed by atoms with Crippen LogP contribution in [0.5, 0.6) is 5.75 Å². The number of methoxy groups -OCH3 is 2. The molecule has 0 atom stereocenters. The Morgan fingerprint density at radius 3 is 2.75 bits per heavy atom. The van der Waals surface area contributed by atoms with E-state index < -0.39 is 0 Å². The maximum absolute atomic E-state index is 11.3. The number of nitrogens with zero attached hydrogens (tertiary/aromatic N) is 4. The van der Waals surface area contributed by atoms with Gasteiger partial charge in [-0.1, -0.05) is 35.0 Å². The number of hydrogen-bond donors (Lipinski definition) is 0. The van der Waals surface area contributed by atoms with Crippen molar-refractivity contribution in [2.24, 2.45) is 0 Å². The molecule has 1 aromatic carbocycles.